The molecule has 4 N–H and O–H groups in total. The zero-order valence-corrected chi connectivity index (χ0v) is 13.0. The van der Waals surface area contributed by atoms with Crippen LogP contribution in [0.2, 0.25) is 0 Å². The van der Waals surface area contributed by atoms with Crippen molar-refractivity contribution < 1.29 is 28.6 Å². The normalized spacial score (nSPS) is 32.3. The molecule has 0 aliphatic carbocycles. The molecule has 0 spiro atoms. The van der Waals surface area contributed by atoms with Gasteiger partial charge in [-0.25, -0.2) is 0 Å². The van der Waals surface area contributed by atoms with Crippen LogP contribution in [0.3, 0.4) is 0 Å². The first-order valence-electron chi connectivity index (χ1n) is 6.78. The molecule has 7 nitrogen and oxygen atoms in total. The highest BCUT2D eigenvalue weighted by molar-refractivity contribution is 9.06. The maximum Gasteiger partial charge on any atom is 0.192 e. The van der Waals surface area contributed by atoms with E-state index in [1.54, 1.807) is 6.07 Å². The second-order valence-electron chi connectivity index (χ2n) is 5.13. The molecule has 3 rings (SSSR count). The van der Waals surface area contributed by atoms with Gasteiger partial charge in [0.2, 0.25) is 0 Å². The predicted molar refractivity (Wildman–Crippen MR) is 80.5 cm³/mol. The standard InChI is InChI=1S/C14H16BrNO6/c15-20-6-9-11(17)13(12(18)14(19)21-9)22-10-5-7-3-1-2-4-8(7)16-10/h1-5,9,11-14,16-19H,6H2/t9-,11+,12-,13+,14-/m1/s1. The summed E-state index contributed by atoms with van der Waals surface area (Å²) in [5.74, 6) is 0.386. The van der Waals surface area contributed by atoms with Gasteiger partial charge in [-0.05, 0) is 6.07 Å². The van der Waals surface area contributed by atoms with E-state index in [1.165, 1.54) is 0 Å². The Kier molecular flexibility index (Phi) is 4.67. The van der Waals surface area contributed by atoms with E-state index in [-0.39, 0.29) is 6.61 Å². The highest BCUT2D eigenvalue weighted by atomic mass is 79.9. The smallest absolute Gasteiger partial charge is 0.192 e. The van der Waals surface area contributed by atoms with E-state index < -0.39 is 30.7 Å². The van der Waals surface area contributed by atoms with Gasteiger partial charge in [0.15, 0.2) is 18.3 Å². The molecule has 1 aromatic heterocycles. The fourth-order valence-electron chi connectivity index (χ4n) is 2.51. The van der Waals surface area contributed by atoms with Crippen molar-refractivity contribution in [3.8, 4) is 5.88 Å². The summed E-state index contributed by atoms with van der Waals surface area (Å²) in [6.07, 6.45) is -5.89. The minimum Gasteiger partial charge on any atom is -0.470 e. The Hall–Kier alpha value is -1.16. The van der Waals surface area contributed by atoms with Crippen molar-refractivity contribution in [2.24, 2.45) is 0 Å². The number of para-hydroxylation sites is 1. The lowest BCUT2D eigenvalue weighted by atomic mass is 9.99. The van der Waals surface area contributed by atoms with Crippen molar-refractivity contribution in [1.29, 1.82) is 0 Å². The lowest BCUT2D eigenvalue weighted by Crippen LogP contribution is -2.60. The molecular weight excluding hydrogens is 358 g/mol. The number of aliphatic hydroxyl groups excluding tert-OH is 3. The molecule has 1 aliphatic heterocycles. The molecule has 120 valence electrons. The Bertz CT molecular complexity index is 602. The van der Waals surface area contributed by atoms with Gasteiger partial charge in [-0.2, -0.15) is 0 Å². The lowest BCUT2D eigenvalue weighted by Gasteiger charge is -2.39. The Morgan fingerprint density at radius 1 is 1.18 bits per heavy atom. The molecule has 2 heterocycles. The SMILES string of the molecule is O[C@@H]1[C@@H](Oc2cc3ccccc3[nH]2)[C@@H](O)[C@@H](COBr)O[C@H]1O. The highest BCUT2D eigenvalue weighted by Crippen LogP contribution is 2.27. The van der Waals surface area contributed by atoms with Crippen molar-refractivity contribution in [2.45, 2.75) is 30.7 Å². The van der Waals surface area contributed by atoms with Crippen LogP contribution in [0.25, 0.3) is 10.9 Å². The molecule has 5 atom stereocenters. The molecular formula is C14H16BrNO6. The number of aromatic amines is 1. The Morgan fingerprint density at radius 3 is 2.68 bits per heavy atom. The number of hydrogen-bond donors (Lipinski definition) is 4. The maximum atomic E-state index is 10.2. The molecule has 1 fully saturated rings. The minimum absolute atomic E-state index is 0.00247. The van der Waals surface area contributed by atoms with Crippen LogP contribution < -0.4 is 4.74 Å². The summed E-state index contributed by atoms with van der Waals surface area (Å²) in [6.45, 7) is -0.00247. The number of benzene rings is 1. The van der Waals surface area contributed by atoms with E-state index in [4.69, 9.17) is 13.3 Å². The predicted octanol–water partition coefficient (Wildman–Crippen LogP) is 0.681. The van der Waals surface area contributed by atoms with Crippen LogP contribution in [-0.2, 0) is 8.57 Å². The zero-order chi connectivity index (χ0) is 15.7. The number of ether oxygens (including phenoxy) is 2. The largest absolute Gasteiger partial charge is 0.470 e. The summed E-state index contributed by atoms with van der Waals surface area (Å²) in [5.41, 5.74) is 0.870. The molecule has 2 aromatic rings. The van der Waals surface area contributed by atoms with Gasteiger partial charge in [-0.3, -0.25) is 0 Å². The average Bonchev–Trinajstić information content (AvgIpc) is 2.92. The number of H-pyrrole nitrogens is 1. The summed E-state index contributed by atoms with van der Waals surface area (Å²) in [7, 11) is 0. The second-order valence-corrected chi connectivity index (χ2v) is 5.58. The van der Waals surface area contributed by atoms with E-state index >= 15 is 0 Å². The molecule has 0 bridgehead atoms. The molecule has 0 saturated carbocycles. The fraction of sp³-hybridized carbons (Fsp3) is 0.429. The monoisotopic (exact) mass is 373 g/mol. The van der Waals surface area contributed by atoms with Crippen molar-refractivity contribution >= 4 is 27.2 Å². The fourth-order valence-corrected chi connectivity index (χ4v) is 2.77. The van der Waals surface area contributed by atoms with Crippen LogP contribution in [0.15, 0.2) is 30.3 Å². The number of fused-ring (bicyclic) bond motifs is 1. The first-order chi connectivity index (χ1) is 10.6. The van der Waals surface area contributed by atoms with Crippen molar-refractivity contribution in [3.05, 3.63) is 30.3 Å². The Balaban J connectivity index is 1.81. The molecule has 1 saturated heterocycles. The number of aliphatic hydroxyl groups is 3. The van der Waals surface area contributed by atoms with Crippen LogP contribution in [-0.4, -0.2) is 57.6 Å². The third-order valence-corrected chi connectivity index (χ3v) is 3.92. The number of halogens is 1. The Morgan fingerprint density at radius 2 is 1.95 bits per heavy atom. The number of hydrogen-bond acceptors (Lipinski definition) is 6. The summed E-state index contributed by atoms with van der Waals surface area (Å²) in [6, 6.07) is 9.33. The maximum absolute atomic E-state index is 10.2. The third kappa shape index (κ3) is 2.98. The van der Waals surface area contributed by atoms with Crippen molar-refractivity contribution in [3.63, 3.8) is 0 Å². The third-order valence-electron chi connectivity index (χ3n) is 3.66. The van der Waals surface area contributed by atoms with Gasteiger partial charge in [-0.15, -0.1) is 0 Å². The Labute approximate surface area is 134 Å². The first kappa shape index (κ1) is 15.7. The summed E-state index contributed by atoms with van der Waals surface area (Å²) < 4.78 is 15.5. The molecule has 1 aliphatic rings. The van der Waals surface area contributed by atoms with Gasteiger partial charge in [0.05, 0.1) is 22.9 Å². The molecule has 22 heavy (non-hydrogen) atoms. The number of nitrogens with one attached hydrogen (secondary N) is 1. The van der Waals surface area contributed by atoms with Gasteiger partial charge in [-0.1, -0.05) is 18.2 Å². The molecule has 0 radical (unpaired) electrons. The van der Waals surface area contributed by atoms with Crippen molar-refractivity contribution in [2.75, 3.05) is 6.61 Å². The number of rotatable bonds is 4. The van der Waals surface area contributed by atoms with Gasteiger partial charge in [0.25, 0.3) is 0 Å². The van der Waals surface area contributed by atoms with Gasteiger partial charge >= 0.3 is 0 Å². The van der Waals surface area contributed by atoms with Crippen LogP contribution in [0, 0.1) is 0 Å². The average molecular weight is 374 g/mol. The highest BCUT2D eigenvalue weighted by Gasteiger charge is 2.45. The topological polar surface area (TPSA) is 104 Å². The second kappa shape index (κ2) is 6.53. The van der Waals surface area contributed by atoms with E-state index in [0.29, 0.717) is 5.88 Å². The molecule has 1 aromatic carbocycles. The quantitative estimate of drug-likeness (QED) is 0.628. The molecule has 0 amide bonds. The summed E-state index contributed by atoms with van der Waals surface area (Å²) in [4.78, 5) is 3.04. The van der Waals surface area contributed by atoms with E-state index in [1.807, 2.05) is 24.3 Å². The van der Waals surface area contributed by atoms with Crippen LogP contribution in [0.1, 0.15) is 0 Å². The van der Waals surface area contributed by atoms with E-state index in [9.17, 15) is 15.3 Å². The van der Waals surface area contributed by atoms with Crippen LogP contribution >= 0.6 is 16.3 Å². The molecule has 8 heteroatoms. The first-order valence-corrected chi connectivity index (χ1v) is 7.42. The zero-order valence-electron chi connectivity index (χ0n) is 11.4. The van der Waals surface area contributed by atoms with Crippen molar-refractivity contribution in [1.82, 2.24) is 4.98 Å². The van der Waals surface area contributed by atoms with Crippen LogP contribution in [0.4, 0.5) is 0 Å². The number of aromatic nitrogens is 1. The van der Waals surface area contributed by atoms with Gasteiger partial charge in [0, 0.05) is 17.0 Å². The summed E-state index contributed by atoms with van der Waals surface area (Å²) in [5, 5.41) is 30.9. The van der Waals surface area contributed by atoms with Gasteiger partial charge in [0.1, 0.15) is 18.3 Å². The lowest BCUT2D eigenvalue weighted by molar-refractivity contribution is -0.280. The summed E-state index contributed by atoms with van der Waals surface area (Å²) >= 11 is 2.78. The van der Waals surface area contributed by atoms with E-state index in [2.05, 4.69) is 21.2 Å². The van der Waals surface area contributed by atoms with E-state index in [0.717, 1.165) is 10.9 Å². The van der Waals surface area contributed by atoms with Gasteiger partial charge < -0.3 is 33.6 Å². The minimum atomic E-state index is -1.47. The molecule has 0 unspecified atom stereocenters. The van der Waals surface area contributed by atoms with Crippen LogP contribution in [0.5, 0.6) is 5.88 Å².